The number of hydrogen-bond acceptors (Lipinski definition) is 3. The van der Waals surface area contributed by atoms with Gasteiger partial charge in [0.05, 0.1) is 6.61 Å². The van der Waals surface area contributed by atoms with E-state index in [2.05, 4.69) is 0 Å². The molecule has 1 aromatic rings. The minimum absolute atomic E-state index is 0.264. The molecule has 1 aliphatic heterocycles. The summed E-state index contributed by atoms with van der Waals surface area (Å²) in [5.74, 6) is -2.10. The Morgan fingerprint density at radius 1 is 1.53 bits per heavy atom. The predicted octanol–water partition coefficient (Wildman–Crippen LogP) is 1.70. The van der Waals surface area contributed by atoms with Crippen molar-refractivity contribution in [3.05, 3.63) is 29.3 Å². The summed E-state index contributed by atoms with van der Waals surface area (Å²) in [5, 5.41) is 8.93. The van der Waals surface area contributed by atoms with E-state index in [1.807, 2.05) is 19.1 Å². The van der Waals surface area contributed by atoms with Crippen LogP contribution in [-0.4, -0.2) is 16.9 Å². The molecule has 0 fully saturated rings. The van der Waals surface area contributed by atoms with Crippen molar-refractivity contribution in [3.63, 3.8) is 0 Å². The maximum Gasteiger partial charge on any atom is 0.376 e. The average molecular weight is 208 g/mol. The third kappa shape index (κ3) is 1.68. The molecule has 1 atom stereocenters. The number of carboxylic acids is 1. The molecule has 15 heavy (non-hydrogen) atoms. The molecule has 0 saturated carbocycles. The molecule has 0 radical (unpaired) electrons. The smallest absolute Gasteiger partial charge is 0.376 e. The van der Waals surface area contributed by atoms with Gasteiger partial charge < -0.3 is 14.6 Å². The number of aliphatic carboxylic acids is 1. The van der Waals surface area contributed by atoms with Gasteiger partial charge in [0, 0.05) is 12.5 Å². The van der Waals surface area contributed by atoms with Gasteiger partial charge in [-0.2, -0.15) is 0 Å². The van der Waals surface area contributed by atoms with E-state index in [0.717, 1.165) is 11.1 Å². The Kier molecular flexibility index (Phi) is 2.16. The quantitative estimate of drug-likeness (QED) is 0.763. The molecule has 4 nitrogen and oxygen atoms in total. The lowest BCUT2D eigenvalue weighted by molar-refractivity contribution is -0.217. The van der Waals surface area contributed by atoms with Gasteiger partial charge in [-0.1, -0.05) is 17.7 Å². The molecule has 0 aliphatic carbocycles. The number of fused-ring (bicyclic) bond motifs is 1. The van der Waals surface area contributed by atoms with Gasteiger partial charge in [0.2, 0.25) is 0 Å². The molecular weight excluding hydrogens is 196 g/mol. The van der Waals surface area contributed by atoms with Crippen LogP contribution in [0.1, 0.15) is 18.1 Å². The fourth-order valence-corrected chi connectivity index (χ4v) is 1.48. The Bertz CT molecular complexity index is 413. The topological polar surface area (TPSA) is 55.8 Å². The van der Waals surface area contributed by atoms with Gasteiger partial charge >= 0.3 is 11.8 Å². The van der Waals surface area contributed by atoms with Crippen molar-refractivity contribution in [2.45, 2.75) is 26.2 Å². The van der Waals surface area contributed by atoms with E-state index in [0.29, 0.717) is 5.75 Å². The standard InChI is InChI=1S/C11H12O4/c1-7-3-4-9-8(5-7)6-14-11(2,15-9)10(12)13/h3-5H,6H2,1-2H3,(H,12,13). The van der Waals surface area contributed by atoms with Crippen molar-refractivity contribution >= 4 is 5.97 Å². The summed E-state index contributed by atoms with van der Waals surface area (Å²) in [6.45, 7) is 3.63. The van der Waals surface area contributed by atoms with E-state index >= 15 is 0 Å². The van der Waals surface area contributed by atoms with E-state index < -0.39 is 11.8 Å². The first kappa shape index (κ1) is 9.98. The van der Waals surface area contributed by atoms with Crippen molar-refractivity contribution in [1.82, 2.24) is 0 Å². The second-order valence-electron chi connectivity index (χ2n) is 3.75. The fraction of sp³-hybridized carbons (Fsp3) is 0.364. The zero-order chi connectivity index (χ0) is 11.1. The highest BCUT2D eigenvalue weighted by Gasteiger charge is 2.40. The average Bonchev–Trinajstić information content (AvgIpc) is 2.18. The first-order chi connectivity index (χ1) is 7.01. The Hall–Kier alpha value is -1.55. The van der Waals surface area contributed by atoms with E-state index in [-0.39, 0.29) is 6.61 Å². The minimum Gasteiger partial charge on any atom is -0.476 e. The lowest BCUT2D eigenvalue weighted by atomic mass is 10.1. The first-order valence-corrected chi connectivity index (χ1v) is 4.67. The number of aryl methyl sites for hydroxylation is 1. The summed E-state index contributed by atoms with van der Waals surface area (Å²) >= 11 is 0. The third-order valence-electron chi connectivity index (χ3n) is 2.41. The van der Waals surface area contributed by atoms with Crippen LogP contribution >= 0.6 is 0 Å². The van der Waals surface area contributed by atoms with Gasteiger partial charge in [-0.15, -0.1) is 0 Å². The highest BCUT2D eigenvalue weighted by atomic mass is 16.7. The molecule has 4 heteroatoms. The van der Waals surface area contributed by atoms with Crippen LogP contribution in [0, 0.1) is 6.92 Å². The first-order valence-electron chi connectivity index (χ1n) is 4.67. The molecule has 1 heterocycles. The Labute approximate surface area is 87.4 Å². The van der Waals surface area contributed by atoms with Gasteiger partial charge in [0.25, 0.3) is 0 Å². The lowest BCUT2D eigenvalue weighted by Crippen LogP contribution is -2.46. The highest BCUT2D eigenvalue weighted by Crippen LogP contribution is 2.31. The number of rotatable bonds is 1. The van der Waals surface area contributed by atoms with E-state index in [1.165, 1.54) is 6.92 Å². The number of benzene rings is 1. The van der Waals surface area contributed by atoms with Gasteiger partial charge in [-0.05, 0) is 13.0 Å². The van der Waals surface area contributed by atoms with Crippen LogP contribution in [0.5, 0.6) is 5.75 Å². The van der Waals surface area contributed by atoms with Crippen LogP contribution < -0.4 is 4.74 Å². The number of carbonyl (C=O) groups is 1. The number of hydrogen-bond donors (Lipinski definition) is 1. The lowest BCUT2D eigenvalue weighted by Gasteiger charge is -2.31. The summed E-state index contributed by atoms with van der Waals surface area (Å²) in [5.41, 5.74) is 1.98. The summed E-state index contributed by atoms with van der Waals surface area (Å²) in [7, 11) is 0. The van der Waals surface area contributed by atoms with E-state index in [1.54, 1.807) is 6.07 Å². The monoisotopic (exact) mass is 208 g/mol. The minimum atomic E-state index is -1.57. The molecule has 0 bridgehead atoms. The summed E-state index contributed by atoms with van der Waals surface area (Å²) in [6, 6.07) is 5.58. The maximum absolute atomic E-state index is 10.9. The van der Waals surface area contributed by atoms with Crippen molar-refractivity contribution in [1.29, 1.82) is 0 Å². The van der Waals surface area contributed by atoms with Crippen LogP contribution in [0.15, 0.2) is 18.2 Å². The zero-order valence-corrected chi connectivity index (χ0v) is 8.61. The molecule has 2 rings (SSSR count). The maximum atomic E-state index is 10.9. The summed E-state index contributed by atoms with van der Waals surface area (Å²) in [4.78, 5) is 10.9. The molecule has 0 amide bonds. The van der Waals surface area contributed by atoms with Crippen molar-refractivity contribution < 1.29 is 19.4 Å². The van der Waals surface area contributed by atoms with Crippen LogP contribution in [0.4, 0.5) is 0 Å². The molecule has 1 N–H and O–H groups in total. The van der Waals surface area contributed by atoms with Crippen LogP contribution in [0.2, 0.25) is 0 Å². The number of carboxylic acid groups (broad SMARTS) is 1. The molecular formula is C11H12O4. The van der Waals surface area contributed by atoms with E-state index in [4.69, 9.17) is 14.6 Å². The molecule has 80 valence electrons. The Morgan fingerprint density at radius 3 is 2.93 bits per heavy atom. The Morgan fingerprint density at radius 2 is 2.27 bits per heavy atom. The van der Waals surface area contributed by atoms with Gasteiger partial charge in [-0.3, -0.25) is 0 Å². The molecule has 0 saturated heterocycles. The van der Waals surface area contributed by atoms with Crippen molar-refractivity contribution in [3.8, 4) is 5.75 Å². The highest BCUT2D eigenvalue weighted by molar-refractivity contribution is 5.76. The number of ether oxygens (including phenoxy) is 2. The van der Waals surface area contributed by atoms with E-state index in [9.17, 15) is 4.79 Å². The van der Waals surface area contributed by atoms with Crippen LogP contribution in [-0.2, 0) is 16.1 Å². The largest absolute Gasteiger partial charge is 0.476 e. The second kappa shape index (κ2) is 3.24. The van der Waals surface area contributed by atoms with Crippen molar-refractivity contribution in [2.24, 2.45) is 0 Å². The zero-order valence-electron chi connectivity index (χ0n) is 8.61. The molecule has 1 unspecified atom stereocenters. The second-order valence-corrected chi connectivity index (χ2v) is 3.75. The molecule has 0 spiro atoms. The molecule has 1 aromatic carbocycles. The van der Waals surface area contributed by atoms with Crippen molar-refractivity contribution in [2.75, 3.05) is 0 Å². The third-order valence-corrected chi connectivity index (χ3v) is 2.41. The normalized spacial score (nSPS) is 24.1. The van der Waals surface area contributed by atoms with Crippen LogP contribution in [0.3, 0.4) is 0 Å². The van der Waals surface area contributed by atoms with Gasteiger partial charge in [0.1, 0.15) is 5.75 Å². The Balaban J connectivity index is 2.35. The molecule has 0 aromatic heterocycles. The SMILES string of the molecule is Cc1ccc2c(c1)COC(C)(C(=O)O)O2. The summed E-state index contributed by atoms with van der Waals surface area (Å²) < 4.78 is 10.5. The fourth-order valence-electron chi connectivity index (χ4n) is 1.48. The van der Waals surface area contributed by atoms with Crippen LogP contribution in [0.25, 0.3) is 0 Å². The molecule has 1 aliphatic rings. The van der Waals surface area contributed by atoms with Gasteiger partial charge in [-0.25, -0.2) is 4.79 Å². The predicted molar refractivity (Wildman–Crippen MR) is 52.6 cm³/mol. The summed E-state index contributed by atoms with van der Waals surface area (Å²) in [6.07, 6.45) is 0. The van der Waals surface area contributed by atoms with Gasteiger partial charge in [0.15, 0.2) is 0 Å².